The number of nitrogens with zero attached hydrogens (tertiary/aromatic N) is 6. The van der Waals surface area contributed by atoms with Crippen LogP contribution >= 0.6 is 34.9 Å². The quantitative estimate of drug-likeness (QED) is 0.0599. The summed E-state index contributed by atoms with van der Waals surface area (Å²) in [6.45, 7) is 0. The first kappa shape index (κ1) is 35.0. The number of benzene rings is 3. The van der Waals surface area contributed by atoms with E-state index in [9.17, 15) is 14.4 Å². The normalized spacial score (nSPS) is 17.1. The van der Waals surface area contributed by atoms with Gasteiger partial charge in [-0.25, -0.2) is 9.78 Å². The van der Waals surface area contributed by atoms with Crippen molar-refractivity contribution in [2.24, 2.45) is 12.2 Å². The van der Waals surface area contributed by atoms with Crippen LogP contribution in [0, 0.1) is 0 Å². The van der Waals surface area contributed by atoms with Gasteiger partial charge in [0, 0.05) is 29.5 Å². The highest BCUT2D eigenvalue weighted by Gasteiger charge is 2.55. The van der Waals surface area contributed by atoms with E-state index in [0.29, 0.717) is 28.1 Å². The molecule has 0 spiro atoms. The summed E-state index contributed by atoms with van der Waals surface area (Å²) >= 11 is 3.99. The Hall–Kier alpha value is -5.45. The summed E-state index contributed by atoms with van der Waals surface area (Å²) in [6.07, 6.45) is -0.734. The van der Waals surface area contributed by atoms with Gasteiger partial charge < -0.3 is 25.2 Å². The third-order valence-corrected chi connectivity index (χ3v) is 11.5. The highest BCUT2D eigenvalue weighted by molar-refractivity contribution is 8.01. The molecule has 52 heavy (non-hydrogen) atoms. The maximum absolute atomic E-state index is 14.4. The molecular weight excluding hydrogens is 721 g/mol. The van der Waals surface area contributed by atoms with Gasteiger partial charge in [-0.05, 0) is 16.7 Å². The molecule has 2 amide bonds. The van der Waals surface area contributed by atoms with Gasteiger partial charge in [0.25, 0.3) is 11.8 Å². The van der Waals surface area contributed by atoms with E-state index in [1.807, 2.05) is 103 Å². The molecular formula is C36H32N8O5S3. The van der Waals surface area contributed by atoms with Gasteiger partial charge in [0.15, 0.2) is 27.9 Å². The fourth-order valence-electron chi connectivity index (χ4n) is 5.86. The topological polar surface area (TPSA) is 167 Å². The Balaban J connectivity index is 1.18. The van der Waals surface area contributed by atoms with E-state index in [4.69, 9.17) is 15.3 Å². The first-order valence-corrected chi connectivity index (χ1v) is 18.9. The number of hydrogen-bond acceptors (Lipinski definition) is 13. The molecule has 0 bridgehead atoms. The van der Waals surface area contributed by atoms with Gasteiger partial charge in [0.05, 0.1) is 0 Å². The monoisotopic (exact) mass is 752 g/mol. The van der Waals surface area contributed by atoms with Crippen molar-refractivity contribution in [1.29, 1.82) is 0 Å². The van der Waals surface area contributed by atoms with Gasteiger partial charge in [-0.2, -0.15) is 0 Å². The Bertz CT molecular complexity index is 2120. The van der Waals surface area contributed by atoms with Crippen molar-refractivity contribution in [2.45, 2.75) is 22.7 Å². The van der Waals surface area contributed by atoms with Crippen LogP contribution in [0.5, 0.6) is 0 Å². The largest absolute Gasteiger partial charge is 0.448 e. The average Bonchev–Trinajstić information content (AvgIpc) is 3.78. The maximum Gasteiger partial charge on any atom is 0.356 e. The number of esters is 1. The third-order valence-electron chi connectivity index (χ3n) is 8.36. The Morgan fingerprint density at radius 3 is 2.29 bits per heavy atom. The number of thioether (sulfide) groups is 2. The summed E-state index contributed by atoms with van der Waals surface area (Å²) in [7, 11) is 3.19. The number of hydrogen-bond donors (Lipinski definition) is 2. The summed E-state index contributed by atoms with van der Waals surface area (Å²) in [5, 5.41) is 17.3. The molecule has 4 heterocycles. The molecule has 0 radical (unpaired) electrons. The number of carbonyl (C=O) groups excluding carboxylic acids is 3. The van der Waals surface area contributed by atoms with Gasteiger partial charge >= 0.3 is 5.97 Å². The molecule has 0 aliphatic carbocycles. The number of nitrogens with two attached hydrogens (primary N) is 1. The minimum absolute atomic E-state index is 0.123. The van der Waals surface area contributed by atoms with Crippen molar-refractivity contribution >= 4 is 63.5 Å². The molecule has 7 rings (SSSR count). The molecule has 264 valence electrons. The Kier molecular flexibility index (Phi) is 10.4. The Morgan fingerprint density at radius 1 is 1.02 bits per heavy atom. The van der Waals surface area contributed by atoms with E-state index in [1.165, 1.54) is 35.5 Å². The lowest BCUT2D eigenvalue weighted by Crippen LogP contribution is -2.71. The summed E-state index contributed by atoms with van der Waals surface area (Å²) in [5.74, 6) is -0.343. The third kappa shape index (κ3) is 7.04. The second-order valence-corrected chi connectivity index (χ2v) is 14.6. The van der Waals surface area contributed by atoms with Crippen molar-refractivity contribution in [3.05, 3.63) is 124 Å². The van der Waals surface area contributed by atoms with Crippen molar-refractivity contribution in [3.63, 3.8) is 0 Å². The molecule has 3 N–H and O–H groups in total. The number of β-lactam (4-membered cyclic amide) rings is 1. The number of anilines is 1. The van der Waals surface area contributed by atoms with Crippen LogP contribution in [0.15, 0.2) is 118 Å². The Labute approximate surface area is 311 Å². The van der Waals surface area contributed by atoms with Gasteiger partial charge in [0.2, 0.25) is 0 Å². The van der Waals surface area contributed by atoms with Crippen molar-refractivity contribution in [3.8, 4) is 11.4 Å². The number of rotatable bonds is 12. The van der Waals surface area contributed by atoms with Gasteiger partial charge in [-0.15, -0.1) is 33.3 Å². The van der Waals surface area contributed by atoms with Crippen LogP contribution in [0.1, 0.15) is 22.9 Å². The molecule has 2 aliphatic heterocycles. The molecule has 13 nitrogen and oxygen atoms in total. The summed E-state index contributed by atoms with van der Waals surface area (Å²) in [5.41, 5.74) is 9.20. The number of amides is 2. The molecule has 2 atom stereocenters. The standard InChI is InChI=1S/C36H32N8O5S3/c1-43-30(23-16-10-5-11-17-23)40-41-36(43)52-19-24-18-50-33-27(39-31(45)26(42-48-2)25-20-51-35(37)38-25)32(46)44(33)28(24)34(47)49-29(21-12-6-3-7-13-21)22-14-8-4-9-15-22/h3-17,20,27,29,33H,18-19H2,1-2H3,(H2,37,38)(H,39,45)/b42-26+/t27-,33?/m1/s1. The number of thiazole rings is 1. The highest BCUT2D eigenvalue weighted by Crippen LogP contribution is 2.43. The van der Waals surface area contributed by atoms with Crippen LogP contribution in [-0.2, 0) is 31.0 Å². The fourth-order valence-corrected chi connectivity index (χ4v) is 8.81. The number of nitrogen functional groups attached to an aromatic ring is 1. The molecule has 5 aromatic rings. The minimum atomic E-state index is -0.946. The molecule has 2 aliphatic rings. The van der Waals surface area contributed by atoms with Crippen LogP contribution in [0.4, 0.5) is 5.13 Å². The van der Waals surface area contributed by atoms with Crippen LogP contribution in [0.25, 0.3) is 11.4 Å². The SMILES string of the molecule is CO/N=C(/C(=O)N[C@@H]1C(=O)N2C(C(=O)OC(c3ccccc3)c3ccccc3)=C(CSc3nnc(-c4ccccc4)n3C)CSC12)c1csc(N)n1. The zero-order chi connectivity index (χ0) is 36.2. The second-order valence-electron chi connectivity index (χ2n) is 11.6. The van der Waals surface area contributed by atoms with Crippen LogP contribution in [0.3, 0.4) is 0 Å². The maximum atomic E-state index is 14.4. The molecule has 1 saturated heterocycles. The number of nitrogens with one attached hydrogen (secondary N) is 1. The van der Waals surface area contributed by atoms with Gasteiger partial charge in [-0.3, -0.25) is 14.5 Å². The number of carbonyl (C=O) groups is 3. The number of fused-ring (bicyclic) bond motifs is 1. The van der Waals surface area contributed by atoms with Gasteiger partial charge in [-0.1, -0.05) is 108 Å². The minimum Gasteiger partial charge on any atom is -0.448 e. The fraction of sp³-hybridized carbons (Fsp3) is 0.194. The predicted molar refractivity (Wildman–Crippen MR) is 200 cm³/mol. The summed E-state index contributed by atoms with van der Waals surface area (Å²) in [6, 6.07) is 27.7. The number of ether oxygens (including phenoxy) is 1. The number of oxime groups is 1. The first-order valence-electron chi connectivity index (χ1n) is 16.0. The summed E-state index contributed by atoms with van der Waals surface area (Å²) in [4.78, 5) is 52.2. The highest BCUT2D eigenvalue weighted by atomic mass is 32.2. The Morgan fingerprint density at radius 2 is 1.67 bits per heavy atom. The van der Waals surface area contributed by atoms with Crippen LogP contribution < -0.4 is 11.1 Å². The van der Waals surface area contributed by atoms with Crippen molar-refractivity contribution in [1.82, 2.24) is 30.0 Å². The van der Waals surface area contributed by atoms with E-state index >= 15 is 0 Å². The van der Waals surface area contributed by atoms with Crippen molar-refractivity contribution in [2.75, 3.05) is 24.3 Å². The lowest BCUT2D eigenvalue weighted by molar-refractivity contribution is -0.154. The lowest BCUT2D eigenvalue weighted by Gasteiger charge is -2.49. The molecule has 2 aromatic heterocycles. The molecule has 3 aromatic carbocycles. The second kappa shape index (κ2) is 15.4. The van der Waals surface area contributed by atoms with E-state index < -0.39 is 35.3 Å². The van der Waals surface area contributed by atoms with Gasteiger partial charge in [0.1, 0.15) is 29.9 Å². The molecule has 1 unspecified atom stereocenters. The number of aromatic nitrogens is 4. The zero-order valence-corrected chi connectivity index (χ0v) is 30.4. The van der Waals surface area contributed by atoms with E-state index in [2.05, 4.69) is 25.7 Å². The smallest absolute Gasteiger partial charge is 0.356 e. The molecule has 1 fully saturated rings. The zero-order valence-electron chi connectivity index (χ0n) is 27.9. The lowest BCUT2D eigenvalue weighted by atomic mass is 10.0. The van der Waals surface area contributed by atoms with Crippen LogP contribution in [0.2, 0.25) is 0 Å². The van der Waals surface area contributed by atoms with E-state index in [-0.39, 0.29) is 22.2 Å². The van der Waals surface area contributed by atoms with E-state index in [0.717, 1.165) is 28.0 Å². The van der Waals surface area contributed by atoms with Crippen molar-refractivity contribution < 1.29 is 24.0 Å². The first-order chi connectivity index (χ1) is 25.3. The predicted octanol–water partition coefficient (Wildman–Crippen LogP) is 4.65. The average molecular weight is 753 g/mol. The van der Waals surface area contributed by atoms with Crippen LogP contribution in [-0.4, -0.2) is 78.2 Å². The van der Waals surface area contributed by atoms with E-state index in [1.54, 1.807) is 5.38 Å². The molecule has 0 saturated carbocycles. The molecule has 16 heteroatoms. The summed E-state index contributed by atoms with van der Waals surface area (Å²) < 4.78 is 8.19.